The topological polar surface area (TPSA) is 87.8 Å². The molecule has 2 rings (SSSR count). The number of ether oxygens (including phenoxy) is 3. The highest BCUT2D eigenvalue weighted by Crippen LogP contribution is 2.22. The minimum absolute atomic E-state index is 0.257. The van der Waals surface area contributed by atoms with Gasteiger partial charge >= 0.3 is 5.97 Å². The summed E-state index contributed by atoms with van der Waals surface area (Å²) in [5, 5.41) is 0. The molecule has 6 nitrogen and oxygen atoms in total. The van der Waals surface area contributed by atoms with Gasteiger partial charge in [-0.2, -0.15) is 0 Å². The van der Waals surface area contributed by atoms with Gasteiger partial charge < -0.3 is 19.9 Å². The number of hydrogen-bond donors (Lipinski definition) is 1. The second kappa shape index (κ2) is 8.01. The van der Waals surface area contributed by atoms with Crippen LogP contribution in [0.4, 0.5) is 5.69 Å². The number of methoxy groups -OCH3 is 1. The number of carbonyl (C=O) groups is 2. The van der Waals surface area contributed by atoms with Crippen LogP contribution in [0.3, 0.4) is 0 Å². The van der Waals surface area contributed by atoms with Crippen molar-refractivity contribution < 1.29 is 23.8 Å². The Labute approximate surface area is 140 Å². The number of benzene rings is 2. The van der Waals surface area contributed by atoms with E-state index < -0.39 is 5.97 Å². The van der Waals surface area contributed by atoms with E-state index in [2.05, 4.69) is 0 Å². The van der Waals surface area contributed by atoms with Crippen molar-refractivity contribution in [2.45, 2.75) is 6.92 Å². The number of ketones is 1. The van der Waals surface area contributed by atoms with E-state index in [0.717, 1.165) is 0 Å². The quantitative estimate of drug-likeness (QED) is 0.477. The SMILES string of the molecule is CCOc1ccc(C(=O)COC(=O)c2ccc(OC)c(N)c2)cc1. The first kappa shape index (κ1) is 17.3. The fourth-order valence-electron chi connectivity index (χ4n) is 2.06. The van der Waals surface area contributed by atoms with E-state index in [1.165, 1.54) is 19.2 Å². The molecule has 2 aromatic rings. The smallest absolute Gasteiger partial charge is 0.338 e. The zero-order valence-electron chi connectivity index (χ0n) is 13.6. The Kier molecular flexibility index (Phi) is 5.78. The summed E-state index contributed by atoms with van der Waals surface area (Å²) < 4.78 is 15.4. The lowest BCUT2D eigenvalue weighted by molar-refractivity contribution is 0.0475. The highest BCUT2D eigenvalue weighted by Gasteiger charge is 2.13. The van der Waals surface area contributed by atoms with Crippen LogP contribution in [0.15, 0.2) is 42.5 Å². The highest BCUT2D eigenvalue weighted by molar-refractivity contribution is 5.99. The molecule has 0 aliphatic rings. The minimum atomic E-state index is -0.622. The summed E-state index contributed by atoms with van der Waals surface area (Å²) in [4.78, 5) is 24.0. The largest absolute Gasteiger partial charge is 0.495 e. The predicted octanol–water partition coefficient (Wildman–Crippen LogP) is 2.72. The molecule has 0 radical (unpaired) electrons. The van der Waals surface area contributed by atoms with Crippen LogP contribution in [0.1, 0.15) is 27.6 Å². The first-order valence-corrected chi connectivity index (χ1v) is 7.41. The van der Waals surface area contributed by atoms with Gasteiger partial charge in [0, 0.05) is 5.56 Å². The average Bonchev–Trinajstić information content (AvgIpc) is 2.60. The summed E-state index contributed by atoms with van der Waals surface area (Å²) in [7, 11) is 1.49. The molecule has 126 valence electrons. The minimum Gasteiger partial charge on any atom is -0.495 e. The van der Waals surface area contributed by atoms with E-state index >= 15 is 0 Å². The molecular weight excluding hydrogens is 310 g/mol. The second-order valence-electron chi connectivity index (χ2n) is 4.91. The summed E-state index contributed by atoms with van der Waals surface area (Å²) in [6.07, 6.45) is 0. The molecule has 0 aliphatic heterocycles. The molecule has 0 amide bonds. The van der Waals surface area contributed by atoms with E-state index in [4.69, 9.17) is 19.9 Å². The van der Waals surface area contributed by atoms with Gasteiger partial charge in [0.15, 0.2) is 12.4 Å². The van der Waals surface area contributed by atoms with Crippen LogP contribution in [0.25, 0.3) is 0 Å². The summed E-state index contributed by atoms with van der Waals surface area (Å²) in [6, 6.07) is 11.2. The molecule has 0 saturated heterocycles. The van der Waals surface area contributed by atoms with Gasteiger partial charge in [0.25, 0.3) is 0 Å². The summed E-state index contributed by atoms with van der Waals surface area (Å²) >= 11 is 0. The molecule has 6 heteroatoms. The zero-order chi connectivity index (χ0) is 17.5. The maximum atomic E-state index is 12.1. The number of carbonyl (C=O) groups excluding carboxylic acids is 2. The Bertz CT molecular complexity index is 725. The Morgan fingerprint density at radius 3 is 2.29 bits per heavy atom. The maximum absolute atomic E-state index is 12.1. The van der Waals surface area contributed by atoms with Crippen molar-refractivity contribution >= 4 is 17.4 Å². The van der Waals surface area contributed by atoms with Crippen molar-refractivity contribution in [1.82, 2.24) is 0 Å². The standard InChI is InChI=1S/C18H19NO5/c1-3-23-14-7-4-12(5-8-14)16(20)11-24-18(21)13-6-9-17(22-2)15(19)10-13/h4-10H,3,11,19H2,1-2H3. The van der Waals surface area contributed by atoms with E-state index in [9.17, 15) is 9.59 Å². The van der Waals surface area contributed by atoms with Crippen molar-refractivity contribution in [2.24, 2.45) is 0 Å². The number of anilines is 1. The van der Waals surface area contributed by atoms with Gasteiger partial charge in [0.05, 0.1) is 25.0 Å². The van der Waals surface area contributed by atoms with Gasteiger partial charge in [0.1, 0.15) is 11.5 Å². The fourth-order valence-corrected chi connectivity index (χ4v) is 2.06. The third-order valence-corrected chi connectivity index (χ3v) is 3.29. The van der Waals surface area contributed by atoms with Crippen molar-refractivity contribution in [1.29, 1.82) is 0 Å². The molecule has 0 heterocycles. The monoisotopic (exact) mass is 329 g/mol. The van der Waals surface area contributed by atoms with Gasteiger partial charge in [-0.25, -0.2) is 4.79 Å². The molecule has 0 bridgehead atoms. The Morgan fingerprint density at radius 1 is 1.04 bits per heavy atom. The maximum Gasteiger partial charge on any atom is 0.338 e. The van der Waals surface area contributed by atoms with Crippen molar-refractivity contribution in [3.63, 3.8) is 0 Å². The lowest BCUT2D eigenvalue weighted by atomic mass is 10.1. The van der Waals surface area contributed by atoms with E-state index in [-0.39, 0.29) is 18.0 Å². The molecule has 0 atom stereocenters. The van der Waals surface area contributed by atoms with Crippen LogP contribution in [0.5, 0.6) is 11.5 Å². The Hall–Kier alpha value is -3.02. The van der Waals surface area contributed by atoms with Crippen molar-refractivity contribution in [2.75, 3.05) is 26.1 Å². The van der Waals surface area contributed by atoms with Crippen LogP contribution in [-0.2, 0) is 4.74 Å². The van der Waals surface area contributed by atoms with E-state index in [1.807, 2.05) is 6.92 Å². The Morgan fingerprint density at radius 2 is 1.71 bits per heavy atom. The van der Waals surface area contributed by atoms with Crippen molar-refractivity contribution in [3.8, 4) is 11.5 Å². The predicted molar refractivity (Wildman–Crippen MR) is 89.6 cm³/mol. The number of hydrogen-bond acceptors (Lipinski definition) is 6. The third kappa shape index (κ3) is 4.25. The molecule has 0 spiro atoms. The highest BCUT2D eigenvalue weighted by atomic mass is 16.5. The van der Waals surface area contributed by atoms with E-state index in [0.29, 0.717) is 29.4 Å². The lowest BCUT2D eigenvalue weighted by Crippen LogP contribution is -2.14. The molecular formula is C18H19NO5. The zero-order valence-corrected chi connectivity index (χ0v) is 13.6. The van der Waals surface area contributed by atoms with Crippen LogP contribution >= 0.6 is 0 Å². The first-order valence-electron chi connectivity index (χ1n) is 7.41. The molecule has 0 aliphatic carbocycles. The van der Waals surface area contributed by atoms with E-state index in [1.54, 1.807) is 30.3 Å². The van der Waals surface area contributed by atoms with Gasteiger partial charge in [-0.05, 0) is 49.4 Å². The normalized spacial score (nSPS) is 10.1. The number of esters is 1. The molecule has 0 fully saturated rings. The summed E-state index contributed by atoms with van der Waals surface area (Å²) in [5.74, 6) is 0.230. The average molecular weight is 329 g/mol. The fraction of sp³-hybridized carbons (Fsp3) is 0.222. The van der Waals surface area contributed by atoms with Gasteiger partial charge in [-0.15, -0.1) is 0 Å². The van der Waals surface area contributed by atoms with Crippen LogP contribution in [0, 0.1) is 0 Å². The van der Waals surface area contributed by atoms with Crippen LogP contribution in [0.2, 0.25) is 0 Å². The van der Waals surface area contributed by atoms with Crippen molar-refractivity contribution in [3.05, 3.63) is 53.6 Å². The second-order valence-corrected chi connectivity index (χ2v) is 4.91. The van der Waals surface area contributed by atoms with Gasteiger partial charge in [-0.1, -0.05) is 0 Å². The first-order chi connectivity index (χ1) is 11.5. The summed E-state index contributed by atoms with van der Waals surface area (Å²) in [5.41, 5.74) is 6.77. The molecule has 24 heavy (non-hydrogen) atoms. The van der Waals surface area contributed by atoms with Gasteiger partial charge in [0.2, 0.25) is 0 Å². The van der Waals surface area contributed by atoms with Crippen LogP contribution < -0.4 is 15.2 Å². The number of nitrogens with two attached hydrogens (primary N) is 1. The lowest BCUT2D eigenvalue weighted by Gasteiger charge is -2.08. The molecule has 0 aromatic heterocycles. The van der Waals surface area contributed by atoms with Crippen LogP contribution in [-0.4, -0.2) is 32.1 Å². The summed E-state index contributed by atoms with van der Waals surface area (Å²) in [6.45, 7) is 2.08. The number of rotatable bonds is 7. The van der Waals surface area contributed by atoms with Gasteiger partial charge in [-0.3, -0.25) is 4.79 Å². The Balaban J connectivity index is 1.95. The molecule has 2 N–H and O–H groups in total. The molecule has 2 aromatic carbocycles. The molecule has 0 unspecified atom stereocenters. The third-order valence-electron chi connectivity index (χ3n) is 3.29. The number of nitrogen functional groups attached to an aromatic ring is 1. The molecule has 0 saturated carbocycles. The number of Topliss-reactive ketones (excluding diaryl/α,β-unsaturated/α-hetero) is 1.